The van der Waals surface area contributed by atoms with Crippen molar-refractivity contribution in [2.24, 2.45) is 0 Å². The molecule has 0 bridgehead atoms. The van der Waals surface area contributed by atoms with Crippen molar-refractivity contribution in [2.45, 2.75) is 49.5 Å². The molecule has 2 atom stereocenters. The van der Waals surface area contributed by atoms with Crippen LogP contribution in [0.4, 0.5) is 22.0 Å². The Kier molecular flexibility index (Phi) is 7.43. The Morgan fingerprint density at radius 3 is 2.41 bits per heavy atom. The van der Waals surface area contributed by atoms with Gasteiger partial charge >= 0.3 is 6.18 Å². The number of nitrogens with zero attached hydrogens (tertiary/aromatic N) is 3. The maximum Gasteiger partial charge on any atom is 0.433 e. The van der Waals surface area contributed by atoms with Gasteiger partial charge < -0.3 is 0 Å². The van der Waals surface area contributed by atoms with E-state index in [2.05, 4.69) is 9.97 Å². The number of carbonyl (C=O) groups excluding carboxylic acids is 1. The van der Waals surface area contributed by atoms with E-state index in [0.717, 1.165) is 40.8 Å². The zero-order chi connectivity index (χ0) is 27.0. The van der Waals surface area contributed by atoms with E-state index in [0.29, 0.717) is 22.4 Å². The Hall–Kier alpha value is -3.25. The van der Waals surface area contributed by atoms with Crippen molar-refractivity contribution in [3.8, 4) is 11.1 Å². The summed E-state index contributed by atoms with van der Waals surface area (Å²) in [6.07, 6.45) is -3.77. The highest BCUT2D eigenvalue weighted by molar-refractivity contribution is 7.89. The number of Topliss-reactive ketones (excluding diaryl/α,β-unsaturated/α-hetero) is 1. The Bertz CT molecular complexity index is 1390. The van der Waals surface area contributed by atoms with Crippen LogP contribution in [0, 0.1) is 12.7 Å². The molecule has 4 rings (SSSR count). The van der Waals surface area contributed by atoms with Gasteiger partial charge in [0.15, 0.2) is 5.78 Å². The molecule has 37 heavy (non-hydrogen) atoms. The second-order valence-electron chi connectivity index (χ2n) is 8.76. The number of aryl methyl sites for hydroxylation is 2. The number of hydrogen-bond donors (Lipinski definition) is 0. The number of hydrogen-bond acceptors (Lipinski definition) is 5. The number of sulfonamides is 1. The number of rotatable bonds is 7. The molecule has 3 aromatic rings. The van der Waals surface area contributed by atoms with Crippen LogP contribution in [-0.2, 0) is 27.4 Å². The molecule has 1 aliphatic heterocycles. The predicted octanol–water partition coefficient (Wildman–Crippen LogP) is 4.91. The van der Waals surface area contributed by atoms with Crippen LogP contribution in [0.15, 0.2) is 59.8 Å². The number of aromatic nitrogens is 2. The molecule has 0 unspecified atom stereocenters. The molecular weight excluding hydrogens is 517 g/mol. The summed E-state index contributed by atoms with van der Waals surface area (Å²) in [6.45, 7) is 1.25. The largest absolute Gasteiger partial charge is 0.433 e. The fourth-order valence-corrected chi connectivity index (χ4v) is 5.86. The second-order valence-corrected chi connectivity index (χ2v) is 10.7. The van der Waals surface area contributed by atoms with Gasteiger partial charge in [0, 0.05) is 43.0 Å². The Balaban J connectivity index is 1.50. The van der Waals surface area contributed by atoms with Crippen molar-refractivity contribution in [2.75, 3.05) is 6.54 Å². The van der Waals surface area contributed by atoms with Crippen molar-refractivity contribution < 1.29 is 35.2 Å². The molecule has 1 saturated heterocycles. The molecule has 0 spiro atoms. The Labute approximate surface area is 210 Å². The average molecular weight is 540 g/mol. The molecule has 0 saturated carbocycles. The molecule has 12 heteroatoms. The normalized spacial score (nSPS) is 18.8. The SMILES string of the molecule is Cc1cnc(CCC(=O)[C@@H]2C[C@@H](F)CN2S(=O)(=O)c2ccc(F)cc2)cc1-c1ccc(C(F)(F)F)nc1. The molecule has 0 radical (unpaired) electrons. The lowest BCUT2D eigenvalue weighted by Crippen LogP contribution is -2.40. The minimum absolute atomic E-state index is 0.109. The van der Waals surface area contributed by atoms with Crippen molar-refractivity contribution in [1.82, 2.24) is 14.3 Å². The molecule has 196 valence electrons. The number of carbonyl (C=O) groups is 1. The Morgan fingerprint density at radius 2 is 1.78 bits per heavy atom. The van der Waals surface area contributed by atoms with E-state index >= 15 is 0 Å². The molecule has 1 fully saturated rings. The lowest BCUT2D eigenvalue weighted by molar-refractivity contribution is -0.141. The van der Waals surface area contributed by atoms with Crippen molar-refractivity contribution in [3.05, 3.63) is 77.6 Å². The maximum absolute atomic E-state index is 14.2. The van der Waals surface area contributed by atoms with Gasteiger partial charge in [-0.2, -0.15) is 17.5 Å². The third-order valence-electron chi connectivity index (χ3n) is 6.15. The summed E-state index contributed by atoms with van der Waals surface area (Å²) in [5.74, 6) is -1.13. The minimum Gasteiger partial charge on any atom is -0.298 e. The van der Waals surface area contributed by atoms with E-state index in [1.54, 1.807) is 13.0 Å². The van der Waals surface area contributed by atoms with E-state index in [1.807, 2.05) is 0 Å². The number of alkyl halides is 4. The molecule has 1 aromatic carbocycles. The van der Waals surface area contributed by atoms with Crippen LogP contribution in [0.1, 0.15) is 29.8 Å². The quantitative estimate of drug-likeness (QED) is 0.399. The fourth-order valence-electron chi connectivity index (χ4n) is 4.21. The number of halogens is 5. The molecule has 0 N–H and O–H groups in total. The van der Waals surface area contributed by atoms with Crippen LogP contribution in [0.3, 0.4) is 0 Å². The summed E-state index contributed by atoms with van der Waals surface area (Å²) in [5, 5.41) is 0. The fraction of sp³-hybridized carbons (Fsp3) is 0.320. The van der Waals surface area contributed by atoms with Crippen molar-refractivity contribution in [3.63, 3.8) is 0 Å². The maximum atomic E-state index is 14.2. The van der Waals surface area contributed by atoms with Gasteiger partial charge in [-0.1, -0.05) is 6.07 Å². The molecule has 6 nitrogen and oxygen atoms in total. The summed E-state index contributed by atoms with van der Waals surface area (Å²) in [6, 6.07) is 6.66. The molecule has 2 aromatic heterocycles. The first-order chi connectivity index (χ1) is 17.4. The van der Waals surface area contributed by atoms with Gasteiger partial charge in [0.2, 0.25) is 10.0 Å². The number of benzene rings is 1. The third kappa shape index (κ3) is 5.85. The molecular formula is C25H22F5N3O3S. The van der Waals surface area contributed by atoms with Crippen molar-refractivity contribution >= 4 is 15.8 Å². The standard InChI is InChI=1S/C25H22F5N3O3S/c1-15-12-31-19(11-21(15)16-2-9-24(32-13-16)25(28,29)30)5-8-23(34)22-10-18(27)14-33(22)37(35,36)20-6-3-17(26)4-7-20/h2-4,6-7,9,11-13,18,22H,5,8,10,14H2,1H3/t18-,22+/m1/s1. The highest BCUT2D eigenvalue weighted by atomic mass is 32.2. The Morgan fingerprint density at radius 1 is 1.08 bits per heavy atom. The van der Waals surface area contributed by atoms with Crippen LogP contribution in [0.5, 0.6) is 0 Å². The number of pyridine rings is 2. The van der Waals surface area contributed by atoms with Gasteiger partial charge in [-0.15, -0.1) is 0 Å². The monoisotopic (exact) mass is 539 g/mol. The molecule has 1 aliphatic rings. The first-order valence-corrected chi connectivity index (χ1v) is 12.7. The van der Waals surface area contributed by atoms with Gasteiger partial charge in [-0.05, 0) is 60.9 Å². The first kappa shape index (κ1) is 26.8. The van der Waals surface area contributed by atoms with Gasteiger partial charge in [0.05, 0.1) is 10.9 Å². The molecule has 0 amide bonds. The van der Waals surface area contributed by atoms with E-state index in [-0.39, 0.29) is 24.2 Å². The molecule has 0 aliphatic carbocycles. The summed E-state index contributed by atoms with van der Waals surface area (Å²) in [7, 11) is -4.22. The van der Waals surface area contributed by atoms with Gasteiger partial charge in [-0.3, -0.25) is 14.8 Å². The van der Waals surface area contributed by atoms with Gasteiger partial charge in [0.1, 0.15) is 17.7 Å². The zero-order valence-corrected chi connectivity index (χ0v) is 20.4. The van der Waals surface area contributed by atoms with Crippen LogP contribution in [0.2, 0.25) is 0 Å². The lowest BCUT2D eigenvalue weighted by atomic mass is 10.00. The predicted molar refractivity (Wildman–Crippen MR) is 124 cm³/mol. The zero-order valence-electron chi connectivity index (χ0n) is 19.5. The highest BCUT2D eigenvalue weighted by Gasteiger charge is 2.43. The second kappa shape index (κ2) is 10.3. The lowest BCUT2D eigenvalue weighted by Gasteiger charge is -2.22. The topological polar surface area (TPSA) is 80.2 Å². The summed E-state index contributed by atoms with van der Waals surface area (Å²) >= 11 is 0. The first-order valence-electron chi connectivity index (χ1n) is 11.3. The van der Waals surface area contributed by atoms with Crippen LogP contribution in [0.25, 0.3) is 11.1 Å². The smallest absolute Gasteiger partial charge is 0.298 e. The van der Waals surface area contributed by atoms with E-state index in [9.17, 15) is 35.2 Å². The van der Waals surface area contributed by atoms with Gasteiger partial charge in [0.25, 0.3) is 0 Å². The average Bonchev–Trinajstić information content (AvgIpc) is 3.26. The number of ketones is 1. The van der Waals surface area contributed by atoms with E-state index in [4.69, 9.17) is 0 Å². The summed E-state index contributed by atoms with van der Waals surface area (Å²) < 4.78 is 92.8. The summed E-state index contributed by atoms with van der Waals surface area (Å²) in [5.41, 5.74) is 1.15. The third-order valence-corrected chi connectivity index (χ3v) is 8.04. The van der Waals surface area contributed by atoms with E-state index < -0.39 is 52.3 Å². The van der Waals surface area contributed by atoms with Crippen LogP contribution < -0.4 is 0 Å². The van der Waals surface area contributed by atoms with Gasteiger partial charge in [-0.25, -0.2) is 17.2 Å². The summed E-state index contributed by atoms with van der Waals surface area (Å²) in [4.78, 5) is 20.5. The minimum atomic E-state index is -4.56. The molecule has 3 heterocycles. The van der Waals surface area contributed by atoms with Crippen LogP contribution in [-0.4, -0.2) is 47.2 Å². The van der Waals surface area contributed by atoms with E-state index in [1.165, 1.54) is 12.3 Å². The highest BCUT2D eigenvalue weighted by Crippen LogP contribution is 2.31. The van der Waals surface area contributed by atoms with Crippen LogP contribution >= 0.6 is 0 Å². The van der Waals surface area contributed by atoms with Crippen molar-refractivity contribution in [1.29, 1.82) is 0 Å².